The quantitative estimate of drug-likeness (QED) is 0.333. The third-order valence-corrected chi connectivity index (χ3v) is 8.13. The van der Waals surface area contributed by atoms with E-state index in [1.54, 1.807) is 6.92 Å². The molecular weight excluding hydrogens is 514 g/mol. The molecule has 2 spiro atoms. The van der Waals surface area contributed by atoms with Crippen molar-refractivity contribution in [3.63, 3.8) is 0 Å². The monoisotopic (exact) mass is 544 g/mol. The third kappa shape index (κ3) is 4.05. The molecule has 4 heteroatoms. The number of rotatable bonds is 0. The van der Waals surface area contributed by atoms with Crippen LogP contribution < -0.4 is 0 Å². The van der Waals surface area contributed by atoms with Crippen LogP contribution in [0.25, 0.3) is 0 Å². The van der Waals surface area contributed by atoms with Crippen molar-refractivity contribution in [1.29, 1.82) is 5.26 Å². The van der Waals surface area contributed by atoms with Gasteiger partial charge in [0.1, 0.15) is 0 Å². The summed E-state index contributed by atoms with van der Waals surface area (Å²) < 4.78 is 8.43. The summed E-state index contributed by atoms with van der Waals surface area (Å²) in [4.78, 5) is 11.6. The average molecular weight is 546 g/mol. The molecule has 1 atom stereocenters. The molecule has 4 aliphatic carbocycles. The van der Waals surface area contributed by atoms with E-state index in [2.05, 4.69) is 69.1 Å². The highest BCUT2D eigenvalue weighted by atomic mass is 79.9. The Morgan fingerprint density at radius 3 is 2.06 bits per heavy atom. The van der Waals surface area contributed by atoms with Crippen molar-refractivity contribution in [2.24, 2.45) is 0 Å². The maximum absolute atomic E-state index is 11.6. The highest BCUT2D eigenvalue weighted by Gasteiger charge is 2.56. The minimum atomic E-state index is -0.257. The maximum atomic E-state index is 11.6. The lowest BCUT2D eigenvalue weighted by atomic mass is 9.85. The number of carbonyl (C=O) groups is 1. The molecule has 164 valence electrons. The zero-order valence-electron chi connectivity index (χ0n) is 18.5. The summed E-state index contributed by atoms with van der Waals surface area (Å²) in [5.41, 5.74) is 5.27. The molecule has 1 unspecified atom stereocenters. The number of fused-ring (bicyclic) bond motifs is 4. The van der Waals surface area contributed by atoms with Crippen LogP contribution in [0.4, 0.5) is 0 Å². The molecule has 0 aromatic heterocycles. The highest BCUT2D eigenvalue weighted by Crippen LogP contribution is 2.62. The maximum Gasteiger partial charge on any atom is 0.164 e. The Bertz CT molecular complexity index is 1080. The molecule has 0 N–H and O–H groups in total. The van der Waals surface area contributed by atoms with Crippen LogP contribution in [0.1, 0.15) is 95.1 Å². The largest absolute Gasteiger partial charge is 0.294 e. The van der Waals surface area contributed by atoms with Crippen LogP contribution in [-0.2, 0) is 16.2 Å². The SMILES string of the molecule is C.CC1(C#N)CC2(CC2)c2cc(Br)ccc21.O=C1CC2(CC2)c2cc(Br)ccc21.[2H]CC. The molecule has 31 heavy (non-hydrogen) atoms. The minimum Gasteiger partial charge on any atom is -0.294 e. The van der Waals surface area contributed by atoms with Crippen molar-refractivity contribution < 1.29 is 6.17 Å². The molecule has 2 fully saturated rings. The number of hydrogen-bond acceptors (Lipinski definition) is 2. The van der Waals surface area contributed by atoms with Gasteiger partial charge in [-0.1, -0.05) is 59.2 Å². The van der Waals surface area contributed by atoms with E-state index in [4.69, 9.17) is 1.37 Å². The topological polar surface area (TPSA) is 40.9 Å². The van der Waals surface area contributed by atoms with E-state index in [0.29, 0.717) is 18.1 Å². The normalized spacial score (nSPS) is 24.4. The molecule has 6 rings (SSSR count). The van der Waals surface area contributed by atoms with E-state index in [-0.39, 0.29) is 18.3 Å². The molecule has 2 nitrogen and oxygen atoms in total. The number of nitrogens with zero attached hydrogens (tertiary/aromatic N) is 1. The molecule has 0 amide bonds. The average Bonchev–Trinajstić information content (AvgIpc) is 3.63. The fourth-order valence-electron chi connectivity index (χ4n) is 5.29. The second-order valence-electron chi connectivity index (χ2n) is 9.16. The number of Topliss-reactive ketones (excluding diaryl/α,β-unsaturated/α-hetero) is 1. The zero-order chi connectivity index (χ0) is 22.4. The smallest absolute Gasteiger partial charge is 0.164 e. The van der Waals surface area contributed by atoms with Crippen LogP contribution in [0.3, 0.4) is 0 Å². The molecule has 2 aromatic carbocycles. The Hall–Kier alpha value is -1.44. The van der Waals surface area contributed by atoms with Crippen molar-refractivity contribution in [2.45, 2.75) is 82.9 Å². The molecular formula is C27H31Br2NO. The lowest BCUT2D eigenvalue weighted by molar-refractivity contribution is 0.0986. The number of nitriles is 1. The van der Waals surface area contributed by atoms with Crippen LogP contribution in [0.5, 0.6) is 0 Å². The molecule has 0 bridgehead atoms. The van der Waals surface area contributed by atoms with Gasteiger partial charge in [-0.05, 0) is 91.5 Å². The predicted molar refractivity (Wildman–Crippen MR) is 135 cm³/mol. The first-order valence-corrected chi connectivity index (χ1v) is 12.2. The van der Waals surface area contributed by atoms with E-state index in [0.717, 1.165) is 27.4 Å². The van der Waals surface area contributed by atoms with Crippen molar-refractivity contribution in [1.82, 2.24) is 0 Å². The molecule has 2 aromatic rings. The van der Waals surface area contributed by atoms with Crippen LogP contribution in [0, 0.1) is 11.3 Å². The lowest BCUT2D eigenvalue weighted by Gasteiger charge is -2.15. The zero-order valence-corrected chi connectivity index (χ0v) is 20.7. The minimum absolute atomic E-state index is 0. The predicted octanol–water partition coefficient (Wildman–Crippen LogP) is 8.40. The molecule has 0 radical (unpaired) electrons. The molecule has 4 aliphatic rings. The Balaban J connectivity index is 0.000000158. The number of carbonyl (C=O) groups excluding carboxylic acids is 1. The van der Waals surface area contributed by atoms with Gasteiger partial charge in [0, 0.05) is 27.7 Å². The van der Waals surface area contributed by atoms with Gasteiger partial charge in [0.05, 0.1) is 11.5 Å². The van der Waals surface area contributed by atoms with E-state index >= 15 is 0 Å². The van der Waals surface area contributed by atoms with Gasteiger partial charge in [0.15, 0.2) is 5.78 Å². The third-order valence-electron chi connectivity index (χ3n) is 7.15. The molecule has 0 heterocycles. The number of hydrogen-bond donors (Lipinski definition) is 0. The Kier molecular flexibility index (Phi) is 6.23. The second kappa shape index (κ2) is 8.49. The van der Waals surface area contributed by atoms with Crippen molar-refractivity contribution in [2.75, 3.05) is 0 Å². The van der Waals surface area contributed by atoms with Crippen molar-refractivity contribution >= 4 is 37.6 Å². The van der Waals surface area contributed by atoms with Gasteiger partial charge in [-0.2, -0.15) is 5.26 Å². The number of ketones is 1. The van der Waals surface area contributed by atoms with E-state index in [1.165, 1.54) is 42.4 Å². The van der Waals surface area contributed by atoms with E-state index in [1.807, 2.05) is 12.1 Å². The van der Waals surface area contributed by atoms with Crippen LogP contribution >= 0.6 is 31.9 Å². The molecule has 0 aliphatic heterocycles. The summed E-state index contributed by atoms with van der Waals surface area (Å²) >= 11 is 6.97. The second-order valence-corrected chi connectivity index (χ2v) is 11.0. The van der Waals surface area contributed by atoms with E-state index in [9.17, 15) is 10.1 Å². The molecule has 2 saturated carbocycles. The Morgan fingerprint density at radius 2 is 1.52 bits per heavy atom. The van der Waals surface area contributed by atoms with Gasteiger partial charge >= 0.3 is 0 Å². The molecule has 0 saturated heterocycles. The van der Waals surface area contributed by atoms with Crippen LogP contribution in [0.2, 0.25) is 0 Å². The van der Waals surface area contributed by atoms with Gasteiger partial charge in [0.2, 0.25) is 0 Å². The summed E-state index contributed by atoms with van der Waals surface area (Å²) in [7, 11) is 0. The van der Waals surface area contributed by atoms with E-state index < -0.39 is 0 Å². The number of benzene rings is 2. The standard InChI is InChI=1S/C13H12BrN.C11H9BrO.C2H6.CH4/c1-12(8-15)7-13(4-5-13)11-6-9(14)2-3-10(11)12;12-7-1-2-8-9(5-7)11(3-4-11)6-10(8)13;1-2;/h2-3,6H,4-5,7H2,1H3;1-2,5H,3-4,6H2;1-2H3;1H4/i;;1D;. The first-order valence-electron chi connectivity index (χ1n) is 11.3. The van der Waals surface area contributed by atoms with Crippen LogP contribution in [-0.4, -0.2) is 5.78 Å². The summed E-state index contributed by atoms with van der Waals surface area (Å²) in [5, 5.41) is 9.34. The number of halogens is 2. The van der Waals surface area contributed by atoms with Gasteiger partial charge < -0.3 is 0 Å². The Labute approximate surface area is 205 Å². The lowest BCUT2D eigenvalue weighted by Crippen LogP contribution is -2.16. The highest BCUT2D eigenvalue weighted by molar-refractivity contribution is 9.10. The summed E-state index contributed by atoms with van der Waals surface area (Å²) in [6, 6.07) is 14.9. The van der Waals surface area contributed by atoms with Gasteiger partial charge in [-0.3, -0.25) is 4.79 Å². The fourth-order valence-corrected chi connectivity index (χ4v) is 6.02. The first kappa shape index (κ1) is 22.7. The summed E-state index contributed by atoms with van der Waals surface area (Å²) in [5.74, 6) is 0.333. The first-order chi connectivity index (χ1) is 14.7. The summed E-state index contributed by atoms with van der Waals surface area (Å²) in [6.45, 7) is 4.37. The van der Waals surface area contributed by atoms with Crippen molar-refractivity contribution in [3.05, 3.63) is 67.6 Å². The van der Waals surface area contributed by atoms with Crippen molar-refractivity contribution in [3.8, 4) is 6.07 Å². The van der Waals surface area contributed by atoms with Crippen LogP contribution in [0.15, 0.2) is 45.3 Å². The fraction of sp³-hybridized carbons (Fsp3) is 0.481. The van der Waals surface area contributed by atoms with Gasteiger partial charge in [-0.25, -0.2) is 0 Å². The Morgan fingerprint density at radius 1 is 0.968 bits per heavy atom. The van der Waals surface area contributed by atoms with Gasteiger partial charge in [-0.15, -0.1) is 0 Å². The summed E-state index contributed by atoms with van der Waals surface area (Å²) in [6.07, 6.45) is 6.67. The van der Waals surface area contributed by atoms with Gasteiger partial charge in [0.25, 0.3) is 0 Å².